The van der Waals surface area contributed by atoms with E-state index in [0.717, 1.165) is 31.1 Å². The highest BCUT2D eigenvalue weighted by Gasteiger charge is 2.59. The molecule has 0 aromatic heterocycles. The van der Waals surface area contributed by atoms with E-state index in [0.29, 0.717) is 11.7 Å². The summed E-state index contributed by atoms with van der Waals surface area (Å²) < 4.78 is 0. The van der Waals surface area contributed by atoms with Gasteiger partial charge >= 0.3 is 0 Å². The van der Waals surface area contributed by atoms with Gasteiger partial charge in [-0.1, -0.05) is 25.5 Å². The number of aliphatic hydroxyl groups excluding tert-OH is 1. The fourth-order valence-corrected chi connectivity index (χ4v) is 7.11. The van der Waals surface area contributed by atoms with E-state index < -0.39 is 0 Å². The van der Waals surface area contributed by atoms with Gasteiger partial charge in [-0.2, -0.15) is 0 Å². The number of Topliss-reactive ketones (excluding diaryl/α,β-unsaturated/α-hetero) is 1. The zero-order chi connectivity index (χ0) is 16.4. The molecule has 0 aliphatic heterocycles. The van der Waals surface area contributed by atoms with E-state index in [4.69, 9.17) is 0 Å². The Morgan fingerprint density at radius 1 is 1.17 bits per heavy atom. The first kappa shape index (κ1) is 15.9. The second kappa shape index (κ2) is 5.18. The summed E-state index contributed by atoms with van der Waals surface area (Å²) in [5.41, 5.74) is 2.05. The Hall–Kier alpha value is -0.630. The van der Waals surface area contributed by atoms with Crippen LogP contribution in [0, 0.1) is 34.5 Å². The molecule has 0 bridgehead atoms. The summed E-state index contributed by atoms with van der Waals surface area (Å²) in [7, 11) is 0. The van der Waals surface area contributed by atoms with Crippen LogP contribution in [0.5, 0.6) is 0 Å². The first-order valence-corrected chi connectivity index (χ1v) is 9.74. The van der Waals surface area contributed by atoms with E-state index in [2.05, 4.69) is 19.9 Å². The van der Waals surface area contributed by atoms with E-state index in [1.54, 1.807) is 12.5 Å². The fraction of sp³-hybridized carbons (Fsp3) is 0.857. The van der Waals surface area contributed by atoms with E-state index >= 15 is 0 Å². The molecule has 2 unspecified atom stereocenters. The monoisotopic (exact) mass is 316 g/mol. The lowest BCUT2D eigenvalue weighted by Gasteiger charge is -2.58. The van der Waals surface area contributed by atoms with E-state index in [1.165, 1.54) is 32.1 Å². The molecule has 3 saturated carbocycles. The SMILES string of the molecule is CC(=O)C1CC=C2CC[C@@H]3[C@@H](CC[C@]4(C)C(O)CC[C@@H]34)[C@@]2(C)C1. The van der Waals surface area contributed by atoms with Crippen LogP contribution in [-0.2, 0) is 4.79 Å². The van der Waals surface area contributed by atoms with Crippen molar-refractivity contribution in [1.82, 2.24) is 0 Å². The summed E-state index contributed by atoms with van der Waals surface area (Å²) in [6, 6.07) is 0. The Balaban J connectivity index is 1.66. The Labute approximate surface area is 140 Å². The Bertz CT molecular complexity index is 550. The zero-order valence-electron chi connectivity index (χ0n) is 15.0. The number of hydrogen-bond acceptors (Lipinski definition) is 2. The van der Waals surface area contributed by atoms with Crippen molar-refractivity contribution in [3.63, 3.8) is 0 Å². The predicted molar refractivity (Wildman–Crippen MR) is 91.9 cm³/mol. The molecular formula is C21H32O2. The smallest absolute Gasteiger partial charge is 0.133 e. The summed E-state index contributed by atoms with van der Waals surface area (Å²) in [6.07, 6.45) is 11.5. The second-order valence-corrected chi connectivity index (χ2v) is 9.45. The quantitative estimate of drug-likeness (QED) is 0.722. The molecule has 7 atom stereocenters. The molecule has 0 spiro atoms. The van der Waals surface area contributed by atoms with Crippen molar-refractivity contribution in [3.05, 3.63) is 11.6 Å². The van der Waals surface area contributed by atoms with Crippen LogP contribution in [0.15, 0.2) is 11.6 Å². The first-order valence-electron chi connectivity index (χ1n) is 9.74. The third-order valence-corrected chi connectivity index (χ3v) is 8.58. The summed E-state index contributed by atoms with van der Waals surface area (Å²) in [5, 5.41) is 10.5. The van der Waals surface area contributed by atoms with Crippen molar-refractivity contribution >= 4 is 5.78 Å². The maximum atomic E-state index is 12.0. The summed E-state index contributed by atoms with van der Waals surface area (Å²) in [6.45, 7) is 6.58. The number of ketones is 1. The van der Waals surface area contributed by atoms with E-state index in [9.17, 15) is 9.90 Å². The first-order chi connectivity index (χ1) is 10.9. The van der Waals surface area contributed by atoms with Crippen molar-refractivity contribution in [1.29, 1.82) is 0 Å². The minimum atomic E-state index is -0.0884. The molecular weight excluding hydrogens is 284 g/mol. The van der Waals surface area contributed by atoms with Crippen LogP contribution in [0.4, 0.5) is 0 Å². The second-order valence-electron chi connectivity index (χ2n) is 9.45. The summed E-state index contributed by atoms with van der Waals surface area (Å²) >= 11 is 0. The van der Waals surface area contributed by atoms with Crippen LogP contribution in [0.25, 0.3) is 0 Å². The average molecular weight is 316 g/mol. The normalized spacial score (nSPS) is 52.2. The van der Waals surface area contributed by atoms with Gasteiger partial charge in [0, 0.05) is 5.92 Å². The van der Waals surface area contributed by atoms with Gasteiger partial charge in [-0.3, -0.25) is 4.79 Å². The maximum absolute atomic E-state index is 12.0. The largest absolute Gasteiger partial charge is 0.393 e. The number of carbonyl (C=O) groups excluding carboxylic acids is 1. The standard InChI is InChI=1S/C21H32O2/c1-13(22)14-4-5-15-6-7-16-17-8-9-19(23)20(17,2)11-10-18(16)21(15,3)12-14/h5,14,16-19,23H,4,6-12H2,1-3H3/t14?,16-,17-,18+,19?,20-,21-/m0/s1. The average Bonchev–Trinajstić information content (AvgIpc) is 2.81. The highest BCUT2D eigenvalue weighted by Crippen LogP contribution is 2.65. The number of rotatable bonds is 1. The van der Waals surface area contributed by atoms with E-state index in [-0.39, 0.29) is 22.9 Å². The van der Waals surface area contributed by atoms with Crippen molar-refractivity contribution in [3.8, 4) is 0 Å². The lowest BCUT2D eigenvalue weighted by Crippen LogP contribution is -2.51. The number of aliphatic hydroxyl groups is 1. The molecule has 2 heteroatoms. The molecule has 4 aliphatic carbocycles. The van der Waals surface area contributed by atoms with E-state index in [1.807, 2.05) is 0 Å². The third kappa shape index (κ3) is 2.13. The molecule has 0 saturated heterocycles. The number of allylic oxidation sites excluding steroid dienone is 2. The topological polar surface area (TPSA) is 37.3 Å². The summed E-state index contributed by atoms with van der Waals surface area (Å²) in [5.74, 6) is 2.81. The molecule has 0 amide bonds. The van der Waals surface area contributed by atoms with Crippen LogP contribution < -0.4 is 0 Å². The highest BCUT2D eigenvalue weighted by molar-refractivity contribution is 5.78. The molecule has 0 aromatic carbocycles. The van der Waals surface area contributed by atoms with Gasteiger partial charge in [-0.25, -0.2) is 0 Å². The van der Waals surface area contributed by atoms with Crippen molar-refractivity contribution in [2.45, 2.75) is 78.2 Å². The minimum Gasteiger partial charge on any atom is -0.393 e. The molecule has 1 N–H and O–H groups in total. The molecule has 128 valence electrons. The summed E-state index contributed by atoms with van der Waals surface area (Å²) in [4.78, 5) is 12.0. The van der Waals surface area contributed by atoms with Gasteiger partial charge in [0.05, 0.1) is 6.10 Å². The molecule has 23 heavy (non-hydrogen) atoms. The van der Waals surface area contributed by atoms with Gasteiger partial charge in [0.25, 0.3) is 0 Å². The lowest BCUT2D eigenvalue weighted by atomic mass is 9.46. The Kier molecular flexibility index (Phi) is 3.58. The minimum absolute atomic E-state index is 0.0884. The van der Waals surface area contributed by atoms with Crippen LogP contribution in [0.3, 0.4) is 0 Å². The number of fused-ring (bicyclic) bond motifs is 5. The van der Waals surface area contributed by atoms with Crippen LogP contribution >= 0.6 is 0 Å². The molecule has 2 nitrogen and oxygen atoms in total. The molecule has 0 aromatic rings. The molecule has 0 radical (unpaired) electrons. The highest BCUT2D eigenvalue weighted by atomic mass is 16.3. The molecule has 3 fully saturated rings. The number of carbonyl (C=O) groups is 1. The fourth-order valence-electron chi connectivity index (χ4n) is 7.11. The van der Waals surface area contributed by atoms with Gasteiger partial charge in [0.15, 0.2) is 0 Å². The van der Waals surface area contributed by atoms with Crippen LogP contribution in [0.2, 0.25) is 0 Å². The molecule has 4 rings (SSSR count). The van der Waals surface area contributed by atoms with Crippen LogP contribution in [-0.4, -0.2) is 17.0 Å². The van der Waals surface area contributed by atoms with Crippen molar-refractivity contribution in [2.75, 3.05) is 0 Å². The molecule has 4 aliphatic rings. The van der Waals surface area contributed by atoms with Gasteiger partial charge in [-0.15, -0.1) is 0 Å². The van der Waals surface area contributed by atoms with Crippen molar-refractivity contribution in [2.24, 2.45) is 34.5 Å². The maximum Gasteiger partial charge on any atom is 0.133 e. The zero-order valence-corrected chi connectivity index (χ0v) is 15.0. The van der Waals surface area contributed by atoms with Gasteiger partial charge in [-0.05, 0) is 86.9 Å². The van der Waals surface area contributed by atoms with Gasteiger partial charge in [0.1, 0.15) is 5.78 Å². The van der Waals surface area contributed by atoms with Gasteiger partial charge in [0.2, 0.25) is 0 Å². The van der Waals surface area contributed by atoms with Crippen molar-refractivity contribution < 1.29 is 9.90 Å². The van der Waals surface area contributed by atoms with Gasteiger partial charge < -0.3 is 5.11 Å². The lowest BCUT2D eigenvalue weighted by molar-refractivity contribution is -0.123. The third-order valence-electron chi connectivity index (χ3n) is 8.58. The predicted octanol–water partition coefficient (Wildman–Crippen LogP) is 4.52. The number of hydrogen-bond donors (Lipinski definition) is 1. The Morgan fingerprint density at radius 2 is 1.96 bits per heavy atom. The van der Waals surface area contributed by atoms with Crippen LogP contribution in [0.1, 0.15) is 72.1 Å². The molecule has 0 heterocycles. The Morgan fingerprint density at radius 3 is 2.70 bits per heavy atom.